The van der Waals surface area contributed by atoms with Gasteiger partial charge in [-0.05, 0) is 63.1 Å². The molecule has 2 rings (SSSR count). The lowest BCUT2D eigenvalue weighted by atomic mass is 9.89. The highest BCUT2D eigenvalue weighted by molar-refractivity contribution is 6.30. The molecule has 234 valence electrons. The number of rotatable bonds is 19. The van der Waals surface area contributed by atoms with Crippen LogP contribution in [0.25, 0.3) is 0 Å². The molecule has 1 saturated carbocycles. The van der Waals surface area contributed by atoms with Gasteiger partial charge in [-0.15, -0.1) is 10.1 Å². The summed E-state index contributed by atoms with van der Waals surface area (Å²) < 4.78 is 10.6. The minimum atomic E-state index is -0.899. The van der Waals surface area contributed by atoms with Crippen LogP contribution >= 0.6 is 11.6 Å². The number of unbranched alkanes of at least 4 members (excludes halogenated alkanes) is 2. The smallest absolute Gasteiger partial charge is 0.328 e. The third-order valence-corrected chi connectivity index (χ3v) is 6.98. The number of carbonyl (C=O) groups excluding carboxylic acids is 2. The third kappa shape index (κ3) is 13.6. The van der Waals surface area contributed by atoms with Gasteiger partial charge in [0.05, 0.1) is 25.4 Å². The summed E-state index contributed by atoms with van der Waals surface area (Å²) in [6.07, 6.45) is 7.75. The monoisotopic (exact) mass is 612 g/mol. The van der Waals surface area contributed by atoms with Crippen molar-refractivity contribution >= 4 is 23.5 Å². The van der Waals surface area contributed by atoms with E-state index in [2.05, 4.69) is 10.2 Å². The largest absolute Gasteiger partial charge is 0.491 e. The molecule has 1 unspecified atom stereocenters. The number of hydrogen-bond donors (Lipinski definition) is 4. The lowest BCUT2D eigenvalue weighted by Gasteiger charge is -2.19. The second kappa shape index (κ2) is 19.1. The number of amides is 1. The van der Waals surface area contributed by atoms with Crippen LogP contribution in [0.5, 0.6) is 5.75 Å². The van der Waals surface area contributed by atoms with Gasteiger partial charge >= 0.3 is 5.97 Å². The van der Waals surface area contributed by atoms with Gasteiger partial charge in [-0.2, -0.15) is 0 Å². The first-order valence-corrected chi connectivity index (χ1v) is 14.4. The summed E-state index contributed by atoms with van der Waals surface area (Å²) in [6, 6.07) is 6.04. The highest BCUT2D eigenvalue weighted by Gasteiger charge is 2.39. The predicted molar refractivity (Wildman–Crippen MR) is 154 cm³/mol. The summed E-state index contributed by atoms with van der Waals surface area (Å²) in [4.78, 5) is 38.3. The van der Waals surface area contributed by atoms with Crippen LogP contribution in [-0.4, -0.2) is 76.5 Å². The molecule has 0 spiro atoms. The SMILES string of the molecule is CC(NC(=O)CCC/C=C\C[C@@H]1[C@@H](/C=C/[C@@H](O)COc2cccc(Cl)c2)[C@H](O)C[C@@H]1O)C(=O)OCCCCO[N+](=O)[O-]. The number of aliphatic hydroxyl groups is 3. The Morgan fingerprint density at radius 1 is 1.19 bits per heavy atom. The van der Waals surface area contributed by atoms with Crippen LogP contribution in [0.4, 0.5) is 0 Å². The number of aliphatic hydroxyl groups excluding tert-OH is 3. The zero-order valence-electron chi connectivity index (χ0n) is 23.7. The van der Waals surface area contributed by atoms with Crippen LogP contribution in [0, 0.1) is 22.0 Å². The second-order valence-corrected chi connectivity index (χ2v) is 10.6. The summed E-state index contributed by atoms with van der Waals surface area (Å²) in [5.74, 6) is -0.877. The summed E-state index contributed by atoms with van der Waals surface area (Å²) in [7, 11) is 0. The lowest BCUT2D eigenvalue weighted by Crippen LogP contribution is -2.39. The maximum Gasteiger partial charge on any atom is 0.328 e. The Balaban J connectivity index is 1.65. The van der Waals surface area contributed by atoms with E-state index in [1.54, 1.807) is 36.4 Å². The number of nitrogens with zero attached hydrogens (tertiary/aromatic N) is 1. The number of hydrogen-bond acceptors (Lipinski definition) is 10. The van der Waals surface area contributed by atoms with Crippen molar-refractivity contribution in [3.63, 3.8) is 0 Å². The van der Waals surface area contributed by atoms with Gasteiger partial charge in [0.1, 0.15) is 24.5 Å². The molecule has 0 bridgehead atoms. The quantitative estimate of drug-likeness (QED) is 0.0596. The van der Waals surface area contributed by atoms with Crippen molar-refractivity contribution in [2.75, 3.05) is 19.8 Å². The van der Waals surface area contributed by atoms with Gasteiger partial charge in [0.15, 0.2) is 0 Å². The molecule has 0 radical (unpaired) electrons. The lowest BCUT2D eigenvalue weighted by molar-refractivity contribution is -0.757. The fraction of sp³-hybridized carbons (Fsp3) is 0.586. The topological polar surface area (TPSA) is 178 Å². The molecule has 1 fully saturated rings. The fourth-order valence-electron chi connectivity index (χ4n) is 4.52. The minimum Gasteiger partial charge on any atom is -0.491 e. The van der Waals surface area contributed by atoms with Crippen molar-refractivity contribution in [1.82, 2.24) is 5.32 Å². The Hall–Kier alpha value is -3.19. The molecule has 1 aromatic rings. The van der Waals surface area contributed by atoms with E-state index in [0.717, 1.165) is 0 Å². The van der Waals surface area contributed by atoms with Crippen molar-refractivity contribution in [3.05, 3.63) is 63.7 Å². The van der Waals surface area contributed by atoms with Gasteiger partial charge in [0.25, 0.3) is 5.09 Å². The molecule has 0 aliphatic heterocycles. The Kier molecular flexibility index (Phi) is 15.9. The van der Waals surface area contributed by atoms with E-state index in [0.29, 0.717) is 42.9 Å². The second-order valence-electron chi connectivity index (χ2n) is 10.2. The molecule has 42 heavy (non-hydrogen) atoms. The first kappa shape index (κ1) is 35.0. The van der Waals surface area contributed by atoms with Crippen LogP contribution in [0.2, 0.25) is 5.02 Å². The van der Waals surface area contributed by atoms with E-state index >= 15 is 0 Å². The van der Waals surface area contributed by atoms with Crippen LogP contribution in [0.1, 0.15) is 51.9 Å². The van der Waals surface area contributed by atoms with Crippen molar-refractivity contribution < 1.29 is 44.3 Å². The van der Waals surface area contributed by atoms with Crippen LogP contribution in [0.3, 0.4) is 0 Å². The molecule has 1 aliphatic rings. The molecule has 0 heterocycles. The van der Waals surface area contributed by atoms with Gasteiger partial charge in [-0.1, -0.05) is 42.0 Å². The molecule has 0 saturated heterocycles. The number of nitrogens with one attached hydrogen (secondary N) is 1. The minimum absolute atomic E-state index is 0.0178. The van der Waals surface area contributed by atoms with Gasteiger partial charge in [-0.25, -0.2) is 4.79 Å². The maximum atomic E-state index is 12.1. The number of halogens is 1. The van der Waals surface area contributed by atoms with E-state index in [1.807, 2.05) is 12.2 Å². The molecule has 12 nitrogen and oxygen atoms in total. The van der Waals surface area contributed by atoms with Crippen molar-refractivity contribution in [2.45, 2.75) is 76.2 Å². The van der Waals surface area contributed by atoms with E-state index < -0.39 is 35.4 Å². The molecule has 1 amide bonds. The molecular weight excluding hydrogens is 572 g/mol. The van der Waals surface area contributed by atoms with Crippen LogP contribution in [0.15, 0.2) is 48.6 Å². The highest BCUT2D eigenvalue weighted by atomic mass is 35.5. The Morgan fingerprint density at radius 3 is 2.69 bits per heavy atom. The molecule has 0 aromatic heterocycles. The molecule has 1 aliphatic carbocycles. The first-order chi connectivity index (χ1) is 20.1. The summed E-state index contributed by atoms with van der Waals surface area (Å²) in [6.45, 7) is 1.54. The zero-order valence-corrected chi connectivity index (χ0v) is 24.4. The normalized spacial score (nSPS) is 21.7. The van der Waals surface area contributed by atoms with Crippen molar-refractivity contribution in [3.8, 4) is 5.75 Å². The number of esters is 1. The van der Waals surface area contributed by atoms with E-state index in [9.17, 15) is 35.0 Å². The number of ether oxygens (including phenoxy) is 2. The Bertz CT molecular complexity index is 1050. The molecule has 13 heteroatoms. The zero-order chi connectivity index (χ0) is 30.9. The van der Waals surface area contributed by atoms with Crippen molar-refractivity contribution in [2.24, 2.45) is 11.8 Å². The maximum absolute atomic E-state index is 12.1. The molecular formula is C29H41ClN2O10. The van der Waals surface area contributed by atoms with E-state index in [1.165, 1.54) is 6.92 Å². The van der Waals surface area contributed by atoms with Gasteiger partial charge in [0, 0.05) is 23.8 Å². The highest BCUT2D eigenvalue weighted by Crippen LogP contribution is 2.36. The average molecular weight is 613 g/mol. The number of carbonyl (C=O) groups is 2. The Morgan fingerprint density at radius 2 is 1.95 bits per heavy atom. The summed E-state index contributed by atoms with van der Waals surface area (Å²) in [5, 5.41) is 43.5. The number of allylic oxidation sites excluding steroid dienone is 2. The van der Waals surface area contributed by atoms with E-state index in [-0.39, 0.29) is 50.4 Å². The molecule has 4 N–H and O–H groups in total. The van der Waals surface area contributed by atoms with Crippen LogP contribution in [-0.2, 0) is 19.2 Å². The fourth-order valence-corrected chi connectivity index (χ4v) is 4.70. The van der Waals surface area contributed by atoms with Crippen LogP contribution < -0.4 is 10.1 Å². The summed E-state index contributed by atoms with van der Waals surface area (Å²) >= 11 is 5.93. The Labute approximate surface area is 250 Å². The predicted octanol–water partition coefficient (Wildman–Crippen LogP) is 3.15. The number of benzene rings is 1. The average Bonchev–Trinajstić information content (AvgIpc) is 3.21. The van der Waals surface area contributed by atoms with E-state index in [4.69, 9.17) is 21.1 Å². The molecule has 1 aromatic carbocycles. The van der Waals surface area contributed by atoms with Gasteiger partial charge in [0.2, 0.25) is 5.91 Å². The summed E-state index contributed by atoms with van der Waals surface area (Å²) in [5.41, 5.74) is 0. The first-order valence-electron chi connectivity index (χ1n) is 14.1. The van der Waals surface area contributed by atoms with Gasteiger partial charge in [-0.3, -0.25) is 4.79 Å². The third-order valence-electron chi connectivity index (χ3n) is 6.75. The standard InChI is InChI=1S/C29H41ClN2O10/c1-20(29(37)40-15-6-7-16-42-32(38)39)31-28(36)12-5-3-2-4-11-24-25(27(35)18-26(24)34)14-13-22(33)19-41-23-10-8-9-21(30)17-23/h2,4,8-10,13-14,17,20,22,24-27,33-35H,3,5-7,11-12,15-16,18-19H2,1H3,(H,31,36)/b4-2-,14-13+/t20?,22-,24-,25-,26+,27-/m1/s1. The molecule has 6 atom stereocenters. The van der Waals surface area contributed by atoms with Gasteiger partial charge < -0.3 is 34.9 Å². The van der Waals surface area contributed by atoms with Crippen molar-refractivity contribution in [1.29, 1.82) is 0 Å².